The van der Waals surface area contributed by atoms with Crippen molar-refractivity contribution in [3.63, 3.8) is 0 Å². The van der Waals surface area contributed by atoms with Gasteiger partial charge in [0.2, 0.25) is 5.91 Å². The Kier molecular flexibility index (Phi) is 6.72. The quantitative estimate of drug-likeness (QED) is 0.566. The second-order valence-electron chi connectivity index (χ2n) is 7.02. The molecule has 1 saturated carbocycles. The first kappa shape index (κ1) is 20.4. The van der Waals surface area contributed by atoms with Crippen LogP contribution in [0.4, 0.5) is 0 Å². The van der Waals surface area contributed by atoms with E-state index in [1.54, 1.807) is 13.3 Å². The third kappa shape index (κ3) is 4.73. The van der Waals surface area contributed by atoms with Gasteiger partial charge in [-0.1, -0.05) is 48.7 Å². The Morgan fingerprint density at radius 2 is 1.93 bits per heavy atom. The number of nitrogens with one attached hydrogen (secondary N) is 1. The molecule has 2 aromatic rings. The largest absolute Gasteiger partial charge is 0.464 e. The lowest BCUT2D eigenvalue weighted by Crippen LogP contribution is -2.56. The van der Waals surface area contributed by atoms with Crippen molar-refractivity contribution < 1.29 is 14.3 Å². The van der Waals surface area contributed by atoms with Gasteiger partial charge in [-0.3, -0.25) is 9.36 Å². The first-order chi connectivity index (χ1) is 13.5. The number of amides is 1. The Bertz CT molecular complexity index is 813. The molecule has 1 amide bonds. The van der Waals surface area contributed by atoms with Gasteiger partial charge in [0.05, 0.1) is 12.4 Å². The van der Waals surface area contributed by atoms with Crippen LogP contribution < -0.4 is 5.32 Å². The maximum Gasteiger partial charge on any atom is 0.331 e. The van der Waals surface area contributed by atoms with Crippen molar-refractivity contribution in [2.75, 3.05) is 12.4 Å². The van der Waals surface area contributed by atoms with E-state index in [2.05, 4.69) is 15.5 Å². The van der Waals surface area contributed by atoms with Crippen LogP contribution in [0.1, 0.15) is 44.6 Å². The zero-order valence-corrected chi connectivity index (χ0v) is 17.1. The highest BCUT2D eigenvalue weighted by molar-refractivity contribution is 7.99. The third-order valence-electron chi connectivity index (χ3n) is 4.91. The molecule has 1 N–H and O–H groups in total. The van der Waals surface area contributed by atoms with Gasteiger partial charge in [0.15, 0.2) is 5.16 Å². The van der Waals surface area contributed by atoms with E-state index in [0.717, 1.165) is 24.9 Å². The number of thioether (sulfide) groups is 1. The van der Waals surface area contributed by atoms with Gasteiger partial charge in [0, 0.05) is 5.69 Å². The second-order valence-corrected chi connectivity index (χ2v) is 7.96. The number of aryl methyl sites for hydroxylation is 1. The predicted octanol–water partition coefficient (Wildman–Crippen LogP) is 3.05. The van der Waals surface area contributed by atoms with E-state index >= 15 is 0 Å². The zero-order valence-electron chi connectivity index (χ0n) is 16.3. The molecule has 150 valence electrons. The number of nitrogens with zero attached hydrogens (tertiary/aromatic N) is 3. The summed E-state index contributed by atoms with van der Waals surface area (Å²) >= 11 is 1.30. The molecule has 1 fully saturated rings. The third-order valence-corrected chi connectivity index (χ3v) is 5.86. The van der Waals surface area contributed by atoms with E-state index in [1.165, 1.54) is 17.3 Å². The SMILES string of the molecule is CCOC(=O)C1(NC(=O)CSc2nncn2-c2ccc(C)cc2)CCCCC1. The zero-order chi connectivity index (χ0) is 20.0. The van der Waals surface area contributed by atoms with Crippen molar-refractivity contribution in [3.8, 4) is 5.69 Å². The molecule has 0 unspecified atom stereocenters. The molecule has 7 nitrogen and oxygen atoms in total. The number of rotatable bonds is 7. The number of aromatic nitrogens is 3. The molecule has 1 aromatic heterocycles. The maximum absolute atomic E-state index is 12.6. The Morgan fingerprint density at radius 1 is 1.21 bits per heavy atom. The molecule has 0 atom stereocenters. The Balaban J connectivity index is 1.65. The van der Waals surface area contributed by atoms with E-state index in [-0.39, 0.29) is 17.6 Å². The smallest absolute Gasteiger partial charge is 0.331 e. The fourth-order valence-corrected chi connectivity index (χ4v) is 4.17. The fourth-order valence-electron chi connectivity index (χ4n) is 3.44. The van der Waals surface area contributed by atoms with Crippen LogP contribution in [0.25, 0.3) is 5.69 Å². The van der Waals surface area contributed by atoms with Crippen molar-refractivity contribution in [1.82, 2.24) is 20.1 Å². The summed E-state index contributed by atoms with van der Waals surface area (Å²) in [5.41, 5.74) is 1.22. The molecule has 1 aromatic carbocycles. The molecule has 1 heterocycles. The second kappa shape index (κ2) is 9.23. The average Bonchev–Trinajstić information content (AvgIpc) is 3.16. The van der Waals surface area contributed by atoms with E-state index in [4.69, 9.17) is 4.74 Å². The minimum atomic E-state index is -0.892. The van der Waals surface area contributed by atoms with Crippen LogP contribution in [0.2, 0.25) is 0 Å². The highest BCUT2D eigenvalue weighted by Crippen LogP contribution is 2.30. The summed E-state index contributed by atoms with van der Waals surface area (Å²) in [4.78, 5) is 25.1. The van der Waals surface area contributed by atoms with Gasteiger partial charge < -0.3 is 10.1 Å². The van der Waals surface area contributed by atoms with Crippen LogP contribution in [0, 0.1) is 6.92 Å². The summed E-state index contributed by atoms with van der Waals surface area (Å²) in [6, 6.07) is 8.01. The van der Waals surface area contributed by atoms with Crippen LogP contribution >= 0.6 is 11.8 Å². The number of carbonyl (C=O) groups excluding carboxylic acids is 2. The molecule has 0 saturated heterocycles. The number of ether oxygens (including phenoxy) is 1. The van der Waals surface area contributed by atoms with Crippen molar-refractivity contribution in [3.05, 3.63) is 36.2 Å². The molecular weight excluding hydrogens is 376 g/mol. The van der Waals surface area contributed by atoms with Crippen LogP contribution in [0.15, 0.2) is 35.7 Å². The van der Waals surface area contributed by atoms with E-state index < -0.39 is 5.54 Å². The van der Waals surface area contributed by atoms with E-state index in [1.807, 2.05) is 35.8 Å². The summed E-state index contributed by atoms with van der Waals surface area (Å²) in [7, 11) is 0. The first-order valence-electron chi connectivity index (χ1n) is 9.62. The Morgan fingerprint density at radius 3 is 2.61 bits per heavy atom. The Hall–Kier alpha value is -2.35. The van der Waals surface area contributed by atoms with Crippen LogP contribution in [-0.4, -0.2) is 44.5 Å². The monoisotopic (exact) mass is 402 g/mol. The minimum absolute atomic E-state index is 0.158. The summed E-state index contributed by atoms with van der Waals surface area (Å²) in [6.07, 6.45) is 5.78. The van der Waals surface area contributed by atoms with Gasteiger partial charge in [0.25, 0.3) is 0 Å². The maximum atomic E-state index is 12.6. The first-order valence-corrected chi connectivity index (χ1v) is 10.6. The molecule has 0 radical (unpaired) electrons. The van der Waals surface area contributed by atoms with Crippen LogP contribution in [-0.2, 0) is 14.3 Å². The van der Waals surface area contributed by atoms with Crippen LogP contribution in [0.3, 0.4) is 0 Å². The standard InChI is InChI=1S/C20H26N4O3S/c1-3-27-18(26)20(11-5-4-6-12-20)22-17(25)13-28-19-23-21-14-24(19)16-9-7-15(2)8-10-16/h7-10,14H,3-6,11-13H2,1-2H3,(H,22,25). The lowest BCUT2D eigenvalue weighted by Gasteiger charge is -2.35. The predicted molar refractivity (Wildman–Crippen MR) is 107 cm³/mol. The summed E-state index contributed by atoms with van der Waals surface area (Å²) in [6.45, 7) is 4.12. The van der Waals surface area contributed by atoms with Crippen molar-refractivity contribution in [2.24, 2.45) is 0 Å². The average molecular weight is 403 g/mol. The molecule has 0 aliphatic heterocycles. The Labute approximate surface area is 169 Å². The molecule has 1 aliphatic rings. The lowest BCUT2D eigenvalue weighted by atomic mass is 9.81. The van der Waals surface area contributed by atoms with Gasteiger partial charge >= 0.3 is 5.97 Å². The highest BCUT2D eigenvalue weighted by atomic mass is 32.2. The number of carbonyl (C=O) groups is 2. The molecule has 0 bridgehead atoms. The number of hydrogen-bond acceptors (Lipinski definition) is 6. The van der Waals surface area contributed by atoms with Gasteiger partial charge in [-0.25, -0.2) is 4.79 Å². The highest BCUT2D eigenvalue weighted by Gasteiger charge is 2.42. The summed E-state index contributed by atoms with van der Waals surface area (Å²) in [5, 5.41) is 11.7. The van der Waals surface area contributed by atoms with Crippen molar-refractivity contribution >= 4 is 23.6 Å². The van der Waals surface area contributed by atoms with Gasteiger partial charge in [0.1, 0.15) is 11.9 Å². The number of benzene rings is 1. The van der Waals surface area contributed by atoms with E-state index in [9.17, 15) is 9.59 Å². The van der Waals surface area contributed by atoms with Crippen molar-refractivity contribution in [1.29, 1.82) is 0 Å². The molecule has 0 spiro atoms. The number of hydrogen-bond donors (Lipinski definition) is 1. The normalized spacial score (nSPS) is 15.8. The molecule has 3 rings (SSSR count). The lowest BCUT2D eigenvalue weighted by molar-refractivity contribution is -0.154. The van der Waals surface area contributed by atoms with Gasteiger partial charge in [-0.05, 0) is 38.8 Å². The fraction of sp³-hybridized carbons (Fsp3) is 0.500. The topological polar surface area (TPSA) is 86.1 Å². The molecule has 28 heavy (non-hydrogen) atoms. The molecule has 1 aliphatic carbocycles. The van der Waals surface area contributed by atoms with Crippen LogP contribution in [0.5, 0.6) is 0 Å². The minimum Gasteiger partial charge on any atom is -0.464 e. The van der Waals surface area contributed by atoms with Gasteiger partial charge in [-0.2, -0.15) is 0 Å². The van der Waals surface area contributed by atoms with E-state index in [0.29, 0.717) is 24.6 Å². The summed E-state index contributed by atoms with van der Waals surface area (Å²) < 4.78 is 7.08. The molecular formula is C20H26N4O3S. The number of esters is 1. The van der Waals surface area contributed by atoms with Crippen molar-refractivity contribution in [2.45, 2.75) is 56.6 Å². The molecule has 8 heteroatoms. The summed E-state index contributed by atoms with van der Waals surface area (Å²) in [5.74, 6) is -0.361. The van der Waals surface area contributed by atoms with Gasteiger partial charge in [-0.15, -0.1) is 10.2 Å².